The van der Waals surface area contributed by atoms with E-state index in [1.807, 2.05) is 0 Å². The molecule has 0 unspecified atom stereocenters. The fraction of sp³-hybridized carbons (Fsp3) is 1.00. The number of rotatable bonds is 4. The second-order valence-corrected chi connectivity index (χ2v) is 9.89. The Morgan fingerprint density at radius 2 is 2.00 bits per heavy atom. The van der Waals surface area contributed by atoms with Gasteiger partial charge in [-0.2, -0.15) is 0 Å². The van der Waals surface area contributed by atoms with Gasteiger partial charge in [-0.3, -0.25) is 0 Å². The molecule has 6 heteroatoms. The number of hydrogen-bond donors (Lipinski definition) is 0. The summed E-state index contributed by atoms with van der Waals surface area (Å²) in [4.78, 5) is 15.1. The molecule has 6 aliphatic rings. The third kappa shape index (κ3) is 1.07. The Morgan fingerprint density at radius 3 is 2.74 bits per heavy atom. The fourth-order valence-electron chi connectivity index (χ4n) is 7.48. The molecule has 10 atom stereocenters. The molecule has 6 aliphatic carbocycles. The Balaban J connectivity index is 1.52. The molecule has 0 N–H and O–H groups in total. The molecule has 0 heterocycles. The molecule has 0 aromatic rings. The third-order valence-electron chi connectivity index (χ3n) is 7.30. The molecule has 0 spiro atoms. The normalized spacial score (nSPS) is 65.7. The van der Waals surface area contributed by atoms with Crippen LogP contribution in [-0.4, -0.2) is 19.5 Å². The second-order valence-electron chi connectivity index (χ2n) is 7.11. The first-order valence-electron chi connectivity index (χ1n) is 7.14. The van der Waals surface area contributed by atoms with Gasteiger partial charge in [0.2, 0.25) is 0 Å². The van der Waals surface area contributed by atoms with Crippen molar-refractivity contribution < 1.29 is 9.92 Å². The lowest BCUT2D eigenvalue weighted by atomic mass is 9.62. The SMILES string of the molecule is O=[N+]([O-])OCC[C@@]12[C@@H]3[C@@H]4C[C@H]5[C@H]3[C@H](I)[C@H]1[C@@H]5[C@H]4[C@H]2I. The van der Waals surface area contributed by atoms with E-state index in [-0.39, 0.29) is 0 Å². The lowest BCUT2D eigenvalue weighted by molar-refractivity contribution is -0.758. The van der Waals surface area contributed by atoms with Crippen LogP contribution in [0.2, 0.25) is 0 Å². The zero-order chi connectivity index (χ0) is 13.1. The molecule has 19 heavy (non-hydrogen) atoms. The van der Waals surface area contributed by atoms with Gasteiger partial charge < -0.3 is 4.84 Å². The minimum Gasteiger partial charge on any atom is -0.314 e. The zero-order valence-corrected chi connectivity index (χ0v) is 14.6. The van der Waals surface area contributed by atoms with E-state index in [9.17, 15) is 10.1 Å². The Labute approximate surface area is 138 Å². The van der Waals surface area contributed by atoms with Crippen LogP contribution in [0, 0.1) is 57.0 Å². The summed E-state index contributed by atoms with van der Waals surface area (Å²) in [5.41, 5.74) is 0.389. The molecule has 0 aromatic carbocycles. The van der Waals surface area contributed by atoms with Crippen LogP contribution in [0.15, 0.2) is 0 Å². The monoisotopic (exact) mass is 487 g/mol. The van der Waals surface area contributed by atoms with Crippen LogP contribution in [0.1, 0.15) is 12.8 Å². The van der Waals surface area contributed by atoms with Gasteiger partial charge in [0.1, 0.15) is 0 Å². The number of hydrogen-bond acceptors (Lipinski definition) is 3. The summed E-state index contributed by atoms with van der Waals surface area (Å²) in [7, 11) is 0. The summed E-state index contributed by atoms with van der Waals surface area (Å²) >= 11 is 5.40. The van der Waals surface area contributed by atoms with Gasteiger partial charge in [0.05, 0.1) is 6.61 Å². The van der Waals surface area contributed by atoms with Crippen molar-refractivity contribution in [1.29, 1.82) is 0 Å². The Bertz CT molecular complexity index is 485. The summed E-state index contributed by atoms with van der Waals surface area (Å²) in [5.74, 6) is 6.51. The van der Waals surface area contributed by atoms with Crippen LogP contribution in [-0.2, 0) is 4.84 Å². The first kappa shape index (κ1) is 12.2. The maximum atomic E-state index is 10.4. The van der Waals surface area contributed by atoms with Crippen LogP contribution in [0.25, 0.3) is 0 Å². The zero-order valence-electron chi connectivity index (χ0n) is 10.2. The van der Waals surface area contributed by atoms with Crippen molar-refractivity contribution in [3.63, 3.8) is 0 Å². The predicted octanol–water partition coefficient (Wildman–Crippen LogP) is 2.95. The van der Waals surface area contributed by atoms with E-state index >= 15 is 0 Å². The second kappa shape index (κ2) is 3.52. The van der Waals surface area contributed by atoms with Gasteiger partial charge in [0, 0.05) is 7.85 Å². The van der Waals surface area contributed by atoms with Crippen molar-refractivity contribution in [3.8, 4) is 0 Å². The standard InChI is InChI=1S/C13H15I2NO3/c14-11-8-4-3-5-7-6(4)10(11)13(9(5)8,12(7)15)1-2-19-16(17)18/h4-12H,1-3H2/t4-,5-,6+,7+,8-,9-,10-,11+,12-,13-/m1/s1. The molecule has 6 rings (SSSR count). The summed E-state index contributed by atoms with van der Waals surface area (Å²) in [5, 5.41) is 9.81. The van der Waals surface area contributed by atoms with Crippen molar-refractivity contribution >= 4 is 45.2 Å². The van der Waals surface area contributed by atoms with Gasteiger partial charge in [-0.1, -0.05) is 45.2 Å². The molecule has 6 saturated carbocycles. The minimum absolute atomic E-state index is 0.312. The molecule has 4 nitrogen and oxygen atoms in total. The summed E-state index contributed by atoms with van der Waals surface area (Å²) in [6, 6.07) is 0. The highest BCUT2D eigenvalue weighted by atomic mass is 127. The molecule has 0 saturated heterocycles. The van der Waals surface area contributed by atoms with Crippen LogP contribution < -0.4 is 0 Å². The molecular formula is C13H15I2NO3. The first-order valence-corrected chi connectivity index (χ1v) is 9.63. The lowest BCUT2D eigenvalue weighted by Crippen LogP contribution is -2.40. The third-order valence-corrected chi connectivity index (χ3v) is 10.9. The van der Waals surface area contributed by atoms with E-state index in [1.54, 1.807) is 0 Å². The van der Waals surface area contributed by atoms with E-state index in [2.05, 4.69) is 50.0 Å². The fourth-order valence-corrected chi connectivity index (χ4v) is 11.8. The highest BCUT2D eigenvalue weighted by Gasteiger charge is 2.87. The lowest BCUT2D eigenvalue weighted by Gasteiger charge is -2.42. The van der Waals surface area contributed by atoms with Crippen molar-refractivity contribution in [2.75, 3.05) is 6.61 Å². The van der Waals surface area contributed by atoms with Crippen LogP contribution in [0.3, 0.4) is 0 Å². The Kier molecular flexibility index (Phi) is 2.27. The molecule has 6 bridgehead atoms. The summed E-state index contributed by atoms with van der Waals surface area (Å²) < 4.78 is 1.59. The Hall–Kier alpha value is 0.660. The van der Waals surface area contributed by atoms with Gasteiger partial charge in [0.25, 0.3) is 5.09 Å². The van der Waals surface area contributed by atoms with Gasteiger partial charge in [0.15, 0.2) is 0 Å². The van der Waals surface area contributed by atoms with E-state index in [1.165, 1.54) is 6.42 Å². The highest BCUT2D eigenvalue weighted by molar-refractivity contribution is 14.1. The molecule has 104 valence electrons. The predicted molar refractivity (Wildman–Crippen MR) is 84.7 cm³/mol. The topological polar surface area (TPSA) is 52.4 Å². The van der Waals surface area contributed by atoms with Crippen LogP contribution in [0.4, 0.5) is 0 Å². The largest absolute Gasteiger partial charge is 0.314 e. The van der Waals surface area contributed by atoms with Crippen molar-refractivity contribution in [2.45, 2.75) is 20.7 Å². The highest BCUT2D eigenvalue weighted by Crippen LogP contribution is 2.89. The van der Waals surface area contributed by atoms with Crippen molar-refractivity contribution in [1.82, 2.24) is 0 Å². The molecule has 0 amide bonds. The number of nitrogens with zero attached hydrogens (tertiary/aromatic N) is 1. The van der Waals surface area contributed by atoms with Crippen molar-refractivity contribution in [3.05, 3.63) is 10.1 Å². The van der Waals surface area contributed by atoms with E-state index in [0.717, 1.165) is 55.7 Å². The average molecular weight is 487 g/mol. The van der Waals surface area contributed by atoms with Gasteiger partial charge >= 0.3 is 0 Å². The van der Waals surface area contributed by atoms with Crippen LogP contribution in [0.5, 0.6) is 0 Å². The molecule has 0 aromatic heterocycles. The summed E-state index contributed by atoms with van der Waals surface area (Å²) in [6.07, 6.45) is 2.39. The quantitative estimate of drug-likeness (QED) is 0.266. The van der Waals surface area contributed by atoms with E-state index in [4.69, 9.17) is 0 Å². The smallest absolute Gasteiger partial charge is 0.294 e. The van der Waals surface area contributed by atoms with Crippen LogP contribution >= 0.6 is 45.2 Å². The average Bonchev–Trinajstić information content (AvgIpc) is 3.05. The first-order chi connectivity index (χ1) is 9.09. The molecule has 0 aliphatic heterocycles. The molecule has 6 fully saturated rings. The maximum absolute atomic E-state index is 10.4. The van der Waals surface area contributed by atoms with Gasteiger partial charge in [-0.25, -0.2) is 0 Å². The number of halogens is 2. The number of alkyl halides is 2. The summed E-state index contributed by atoms with van der Waals surface area (Å²) in [6.45, 7) is 0.312. The van der Waals surface area contributed by atoms with Gasteiger partial charge in [-0.15, -0.1) is 10.1 Å². The van der Waals surface area contributed by atoms with E-state index < -0.39 is 5.09 Å². The van der Waals surface area contributed by atoms with Crippen molar-refractivity contribution in [2.24, 2.45) is 46.8 Å². The molecular weight excluding hydrogens is 472 g/mol. The van der Waals surface area contributed by atoms with Gasteiger partial charge in [-0.05, 0) is 59.7 Å². The maximum Gasteiger partial charge on any atom is 0.294 e. The minimum atomic E-state index is -0.621. The Morgan fingerprint density at radius 1 is 1.21 bits per heavy atom. The van der Waals surface area contributed by atoms with E-state index in [0.29, 0.717) is 12.0 Å². The molecule has 0 radical (unpaired) electrons.